The lowest BCUT2D eigenvalue weighted by Gasteiger charge is -2.22. The normalized spacial score (nSPS) is 17.5. The van der Waals surface area contributed by atoms with E-state index >= 15 is 0 Å². The molecule has 1 fully saturated rings. The van der Waals surface area contributed by atoms with Gasteiger partial charge in [-0.2, -0.15) is 0 Å². The Kier molecular flexibility index (Phi) is 3.57. The number of hydrogen-bond acceptors (Lipinski definition) is 3. The van der Waals surface area contributed by atoms with E-state index in [1.165, 1.54) is 0 Å². The van der Waals surface area contributed by atoms with Crippen molar-refractivity contribution in [1.29, 1.82) is 0 Å². The number of aliphatic hydroxyl groups is 1. The Balaban J connectivity index is 1.99. The summed E-state index contributed by atoms with van der Waals surface area (Å²) in [5.41, 5.74) is 7.36. The van der Waals surface area contributed by atoms with Gasteiger partial charge in [-0.05, 0) is 56.7 Å². The summed E-state index contributed by atoms with van der Waals surface area (Å²) in [4.78, 5) is 11.9. The first-order valence-electron chi connectivity index (χ1n) is 6.37. The van der Waals surface area contributed by atoms with E-state index in [1.54, 1.807) is 0 Å². The van der Waals surface area contributed by atoms with Crippen molar-refractivity contribution in [3.63, 3.8) is 0 Å². The molecule has 1 amide bonds. The van der Waals surface area contributed by atoms with Gasteiger partial charge >= 0.3 is 0 Å². The highest BCUT2D eigenvalue weighted by Crippen LogP contribution is 2.29. The number of nitrogens with one attached hydrogen (secondary N) is 2. The molecule has 0 saturated heterocycles. The van der Waals surface area contributed by atoms with E-state index in [0.29, 0.717) is 12.8 Å². The van der Waals surface area contributed by atoms with Crippen molar-refractivity contribution in [3.05, 3.63) is 29.3 Å². The molecule has 0 spiro atoms. The molecule has 1 aliphatic rings. The number of aryl methyl sites for hydroxylation is 2. The fourth-order valence-corrected chi connectivity index (χ4v) is 2.30. The molecule has 0 aliphatic heterocycles. The third kappa shape index (κ3) is 2.64. The van der Waals surface area contributed by atoms with Gasteiger partial charge in [0.1, 0.15) is 5.60 Å². The van der Waals surface area contributed by atoms with Crippen LogP contribution in [0.15, 0.2) is 18.2 Å². The second-order valence-corrected chi connectivity index (χ2v) is 5.14. The van der Waals surface area contributed by atoms with Gasteiger partial charge < -0.3 is 5.11 Å². The molecule has 1 aromatic rings. The standard InChI is InChI=1S/C14H20N2O2/c1-10-5-6-11(2)12(9-10)15-16-13(17)14(18)7-3-4-8-14/h5-6,9,15,18H,3-4,7-8H2,1-2H3,(H,16,17). The van der Waals surface area contributed by atoms with Crippen LogP contribution in [0.3, 0.4) is 0 Å². The van der Waals surface area contributed by atoms with E-state index < -0.39 is 5.60 Å². The van der Waals surface area contributed by atoms with Crippen LogP contribution < -0.4 is 10.9 Å². The Bertz CT molecular complexity index is 451. The maximum atomic E-state index is 11.9. The molecular formula is C14H20N2O2. The number of amides is 1. The van der Waals surface area contributed by atoms with Crippen LogP contribution in [0.5, 0.6) is 0 Å². The molecule has 3 N–H and O–H groups in total. The molecule has 2 rings (SSSR count). The Hall–Kier alpha value is -1.55. The maximum absolute atomic E-state index is 11.9. The first-order chi connectivity index (χ1) is 8.51. The van der Waals surface area contributed by atoms with Gasteiger partial charge in [-0.15, -0.1) is 0 Å². The monoisotopic (exact) mass is 248 g/mol. The van der Waals surface area contributed by atoms with Crippen LogP contribution in [-0.4, -0.2) is 16.6 Å². The van der Waals surface area contributed by atoms with Crippen LogP contribution in [0, 0.1) is 13.8 Å². The molecule has 18 heavy (non-hydrogen) atoms. The summed E-state index contributed by atoms with van der Waals surface area (Å²) in [6.45, 7) is 3.97. The minimum absolute atomic E-state index is 0.332. The Labute approximate surface area is 107 Å². The maximum Gasteiger partial charge on any atom is 0.270 e. The predicted octanol–water partition coefficient (Wildman–Crippen LogP) is 2.05. The van der Waals surface area contributed by atoms with Crippen LogP contribution in [0.1, 0.15) is 36.8 Å². The van der Waals surface area contributed by atoms with Gasteiger partial charge in [0.15, 0.2) is 0 Å². The van der Waals surface area contributed by atoms with Crippen LogP contribution >= 0.6 is 0 Å². The van der Waals surface area contributed by atoms with E-state index in [1.807, 2.05) is 32.0 Å². The van der Waals surface area contributed by atoms with Crippen LogP contribution in [0.25, 0.3) is 0 Å². The highest BCUT2D eigenvalue weighted by atomic mass is 16.3. The van der Waals surface area contributed by atoms with Crippen molar-refractivity contribution in [2.75, 3.05) is 5.43 Å². The number of carbonyl (C=O) groups is 1. The van der Waals surface area contributed by atoms with Crippen molar-refractivity contribution < 1.29 is 9.90 Å². The molecular weight excluding hydrogens is 228 g/mol. The van der Waals surface area contributed by atoms with Crippen molar-refractivity contribution in [3.8, 4) is 0 Å². The zero-order chi connectivity index (χ0) is 13.2. The van der Waals surface area contributed by atoms with E-state index in [4.69, 9.17) is 0 Å². The summed E-state index contributed by atoms with van der Waals surface area (Å²) in [6.07, 6.45) is 2.92. The van der Waals surface area contributed by atoms with Gasteiger partial charge in [0.05, 0.1) is 5.69 Å². The fraction of sp³-hybridized carbons (Fsp3) is 0.500. The molecule has 0 heterocycles. The molecule has 4 nitrogen and oxygen atoms in total. The molecule has 4 heteroatoms. The first kappa shape index (κ1) is 12.9. The fourth-order valence-electron chi connectivity index (χ4n) is 2.30. The third-order valence-electron chi connectivity index (χ3n) is 3.56. The zero-order valence-corrected chi connectivity index (χ0v) is 10.9. The smallest absolute Gasteiger partial charge is 0.270 e. The predicted molar refractivity (Wildman–Crippen MR) is 71.1 cm³/mol. The quantitative estimate of drug-likeness (QED) is 0.717. The van der Waals surface area contributed by atoms with Gasteiger partial charge in [-0.3, -0.25) is 15.6 Å². The topological polar surface area (TPSA) is 61.4 Å². The van der Waals surface area contributed by atoms with Crippen LogP contribution in [-0.2, 0) is 4.79 Å². The van der Waals surface area contributed by atoms with E-state index in [2.05, 4.69) is 10.9 Å². The van der Waals surface area contributed by atoms with Gasteiger partial charge in [-0.25, -0.2) is 0 Å². The molecule has 0 aromatic heterocycles. The summed E-state index contributed by atoms with van der Waals surface area (Å²) >= 11 is 0. The molecule has 1 aromatic carbocycles. The lowest BCUT2D eigenvalue weighted by atomic mass is 10.0. The highest BCUT2D eigenvalue weighted by Gasteiger charge is 2.38. The lowest BCUT2D eigenvalue weighted by molar-refractivity contribution is -0.138. The number of benzene rings is 1. The summed E-state index contributed by atoms with van der Waals surface area (Å²) in [5.74, 6) is -0.332. The molecule has 98 valence electrons. The average molecular weight is 248 g/mol. The number of hydrogen-bond donors (Lipinski definition) is 3. The van der Waals surface area contributed by atoms with Gasteiger partial charge in [0.2, 0.25) is 0 Å². The SMILES string of the molecule is Cc1ccc(C)c(NNC(=O)C2(O)CCCC2)c1. The third-order valence-corrected chi connectivity index (χ3v) is 3.56. The zero-order valence-electron chi connectivity index (χ0n) is 10.9. The number of hydrazine groups is 1. The first-order valence-corrected chi connectivity index (χ1v) is 6.37. The molecule has 0 radical (unpaired) electrons. The van der Waals surface area contributed by atoms with E-state index in [9.17, 15) is 9.90 Å². The number of rotatable bonds is 3. The summed E-state index contributed by atoms with van der Waals surface area (Å²) in [5, 5.41) is 10.1. The molecule has 0 atom stereocenters. The van der Waals surface area contributed by atoms with Gasteiger partial charge in [0.25, 0.3) is 5.91 Å². The summed E-state index contributed by atoms with van der Waals surface area (Å²) in [6, 6.07) is 5.98. The van der Waals surface area contributed by atoms with Crippen molar-refractivity contribution >= 4 is 11.6 Å². The summed E-state index contributed by atoms with van der Waals surface area (Å²) in [7, 11) is 0. The Morgan fingerprint density at radius 2 is 1.94 bits per heavy atom. The largest absolute Gasteiger partial charge is 0.380 e. The second kappa shape index (κ2) is 4.98. The molecule has 0 bridgehead atoms. The number of anilines is 1. The lowest BCUT2D eigenvalue weighted by Crippen LogP contribution is -2.47. The second-order valence-electron chi connectivity index (χ2n) is 5.14. The van der Waals surface area contributed by atoms with Gasteiger partial charge in [-0.1, -0.05) is 12.1 Å². The van der Waals surface area contributed by atoms with E-state index in [0.717, 1.165) is 29.7 Å². The Morgan fingerprint density at radius 1 is 1.28 bits per heavy atom. The summed E-state index contributed by atoms with van der Waals surface area (Å²) < 4.78 is 0. The van der Waals surface area contributed by atoms with Crippen molar-refractivity contribution in [1.82, 2.24) is 5.43 Å². The van der Waals surface area contributed by atoms with Crippen LogP contribution in [0.4, 0.5) is 5.69 Å². The van der Waals surface area contributed by atoms with Crippen molar-refractivity contribution in [2.45, 2.75) is 45.1 Å². The minimum Gasteiger partial charge on any atom is -0.380 e. The minimum atomic E-state index is -1.19. The van der Waals surface area contributed by atoms with Gasteiger partial charge in [0, 0.05) is 0 Å². The average Bonchev–Trinajstić information content (AvgIpc) is 2.78. The highest BCUT2D eigenvalue weighted by molar-refractivity contribution is 5.86. The van der Waals surface area contributed by atoms with E-state index in [-0.39, 0.29) is 5.91 Å². The Morgan fingerprint density at radius 3 is 2.61 bits per heavy atom. The molecule has 1 saturated carbocycles. The number of carbonyl (C=O) groups excluding carboxylic acids is 1. The van der Waals surface area contributed by atoms with Crippen molar-refractivity contribution in [2.24, 2.45) is 0 Å². The van der Waals surface area contributed by atoms with Crippen LogP contribution in [0.2, 0.25) is 0 Å². The molecule has 0 unspecified atom stereocenters. The molecule has 1 aliphatic carbocycles.